The number of hydrogen-bond donors (Lipinski definition) is 1. The fourth-order valence-corrected chi connectivity index (χ4v) is 5.13. The molecule has 1 heterocycles. The Balaban J connectivity index is 1.71. The average molecular weight is 502 g/mol. The molecule has 3 aromatic carbocycles. The van der Waals surface area contributed by atoms with Crippen molar-refractivity contribution in [3.63, 3.8) is 0 Å². The monoisotopic (exact) mass is 500 g/mol. The van der Waals surface area contributed by atoms with Crippen LogP contribution >= 0.6 is 43.2 Å². The highest BCUT2D eigenvalue weighted by Gasteiger charge is 2.17. The van der Waals surface area contributed by atoms with Crippen LogP contribution in [0.4, 0.5) is 5.69 Å². The van der Waals surface area contributed by atoms with E-state index in [4.69, 9.17) is 4.98 Å². The lowest BCUT2D eigenvalue weighted by Gasteiger charge is -2.13. The molecule has 0 unspecified atom stereocenters. The summed E-state index contributed by atoms with van der Waals surface area (Å²) in [7, 11) is 0. The molecule has 0 radical (unpaired) electrons. The fraction of sp³-hybridized carbons (Fsp3) is 0.0476. The number of rotatable bonds is 4. The quantitative estimate of drug-likeness (QED) is 0.339. The zero-order chi connectivity index (χ0) is 18.8. The molecule has 0 fully saturated rings. The lowest BCUT2D eigenvalue weighted by atomic mass is 10.1. The van der Waals surface area contributed by atoms with Crippen molar-refractivity contribution in [2.24, 2.45) is 0 Å². The van der Waals surface area contributed by atoms with Crippen molar-refractivity contribution in [2.75, 3.05) is 5.32 Å². The van der Waals surface area contributed by atoms with E-state index in [-0.39, 0.29) is 5.91 Å². The molecule has 1 aromatic heterocycles. The number of nitrogens with zero attached hydrogens (tertiary/aromatic N) is 1. The minimum absolute atomic E-state index is 0.0633. The summed E-state index contributed by atoms with van der Waals surface area (Å²) in [5.41, 5.74) is 3.55. The average Bonchev–Trinajstić information content (AvgIpc) is 3.08. The summed E-state index contributed by atoms with van der Waals surface area (Å²) in [6.45, 7) is 0. The van der Waals surface area contributed by atoms with Gasteiger partial charge in [0, 0.05) is 14.5 Å². The molecule has 27 heavy (non-hydrogen) atoms. The number of fused-ring (bicyclic) bond motifs is 1. The molecule has 1 amide bonds. The van der Waals surface area contributed by atoms with Crippen LogP contribution in [-0.2, 0) is 11.2 Å². The molecule has 4 aromatic rings. The molecule has 0 spiro atoms. The molecular formula is C21H14Br2N2OS. The highest BCUT2D eigenvalue weighted by atomic mass is 79.9. The summed E-state index contributed by atoms with van der Waals surface area (Å²) >= 11 is 8.74. The molecule has 3 nitrogen and oxygen atoms in total. The third kappa shape index (κ3) is 4.13. The Morgan fingerprint density at radius 3 is 2.52 bits per heavy atom. The van der Waals surface area contributed by atoms with E-state index in [0.29, 0.717) is 6.42 Å². The van der Waals surface area contributed by atoms with Crippen LogP contribution in [0, 0.1) is 0 Å². The molecule has 0 saturated heterocycles. The number of thiazole rings is 1. The van der Waals surface area contributed by atoms with Crippen molar-refractivity contribution in [1.29, 1.82) is 0 Å². The fourth-order valence-electron chi connectivity index (χ4n) is 2.82. The van der Waals surface area contributed by atoms with Crippen LogP contribution in [0.5, 0.6) is 0 Å². The second kappa shape index (κ2) is 7.92. The normalized spacial score (nSPS) is 10.9. The highest BCUT2D eigenvalue weighted by molar-refractivity contribution is 9.11. The van der Waals surface area contributed by atoms with Gasteiger partial charge in [0.1, 0.15) is 5.01 Å². The number of amides is 1. The number of benzene rings is 3. The van der Waals surface area contributed by atoms with Gasteiger partial charge in [-0.15, -0.1) is 11.3 Å². The highest BCUT2D eigenvalue weighted by Crippen LogP contribution is 2.40. The predicted molar refractivity (Wildman–Crippen MR) is 119 cm³/mol. The minimum atomic E-state index is -0.0633. The first kappa shape index (κ1) is 18.3. The van der Waals surface area contributed by atoms with E-state index in [9.17, 15) is 4.79 Å². The summed E-state index contributed by atoms with van der Waals surface area (Å²) in [5, 5.41) is 3.93. The van der Waals surface area contributed by atoms with E-state index < -0.39 is 0 Å². The topological polar surface area (TPSA) is 42.0 Å². The standard InChI is InChI=1S/C21H14Br2N2OS/c22-14-11-15(21-24-17-8-4-5-9-18(17)27-21)20(16(23)12-14)25-19(26)10-13-6-2-1-3-7-13/h1-9,11-12H,10H2,(H,25,26). The van der Waals surface area contributed by atoms with Crippen LogP contribution < -0.4 is 5.32 Å². The van der Waals surface area contributed by atoms with Crippen LogP contribution in [0.3, 0.4) is 0 Å². The Bertz CT molecular complexity index is 1090. The summed E-state index contributed by atoms with van der Waals surface area (Å²) < 4.78 is 2.85. The van der Waals surface area contributed by atoms with E-state index in [0.717, 1.165) is 41.0 Å². The molecule has 6 heteroatoms. The second-order valence-electron chi connectivity index (χ2n) is 6.01. The molecule has 0 bridgehead atoms. The summed E-state index contributed by atoms with van der Waals surface area (Å²) in [5.74, 6) is -0.0633. The number of carbonyl (C=O) groups excluding carboxylic acids is 1. The van der Waals surface area contributed by atoms with Crippen LogP contribution in [-0.4, -0.2) is 10.9 Å². The number of carbonyl (C=O) groups is 1. The molecule has 4 rings (SSSR count). The van der Waals surface area contributed by atoms with Gasteiger partial charge >= 0.3 is 0 Å². The van der Waals surface area contributed by atoms with Gasteiger partial charge in [-0.25, -0.2) is 4.98 Å². The van der Waals surface area contributed by atoms with Crippen molar-refractivity contribution in [1.82, 2.24) is 4.98 Å². The molecule has 0 saturated carbocycles. The van der Waals surface area contributed by atoms with Gasteiger partial charge in [0.2, 0.25) is 5.91 Å². The molecular weight excluding hydrogens is 488 g/mol. The third-order valence-electron chi connectivity index (χ3n) is 4.05. The first-order chi connectivity index (χ1) is 13.1. The van der Waals surface area contributed by atoms with Gasteiger partial charge in [-0.05, 0) is 45.8 Å². The molecule has 0 aliphatic heterocycles. The predicted octanol–water partition coefficient (Wildman–Crippen LogP) is 6.67. The van der Waals surface area contributed by atoms with Crippen molar-refractivity contribution < 1.29 is 4.79 Å². The van der Waals surface area contributed by atoms with Gasteiger partial charge in [0.25, 0.3) is 0 Å². The number of para-hydroxylation sites is 1. The largest absolute Gasteiger partial charge is 0.324 e. The molecule has 134 valence electrons. The van der Waals surface area contributed by atoms with Gasteiger partial charge < -0.3 is 5.32 Å². The molecule has 0 atom stereocenters. The Kier molecular flexibility index (Phi) is 5.38. The van der Waals surface area contributed by atoms with Crippen molar-refractivity contribution in [2.45, 2.75) is 6.42 Å². The van der Waals surface area contributed by atoms with E-state index in [1.54, 1.807) is 11.3 Å². The lowest BCUT2D eigenvalue weighted by molar-refractivity contribution is -0.115. The molecule has 0 aliphatic rings. The molecule has 1 N–H and O–H groups in total. The number of aromatic nitrogens is 1. The van der Waals surface area contributed by atoms with Crippen molar-refractivity contribution in [3.05, 3.63) is 81.2 Å². The maximum absolute atomic E-state index is 12.6. The number of anilines is 1. The van der Waals surface area contributed by atoms with Crippen LogP contribution in [0.25, 0.3) is 20.8 Å². The van der Waals surface area contributed by atoms with Crippen molar-refractivity contribution >= 4 is 65.0 Å². The smallest absolute Gasteiger partial charge is 0.228 e. The lowest BCUT2D eigenvalue weighted by Crippen LogP contribution is -2.15. The second-order valence-corrected chi connectivity index (χ2v) is 8.81. The first-order valence-electron chi connectivity index (χ1n) is 8.29. The first-order valence-corrected chi connectivity index (χ1v) is 10.7. The Labute approximate surface area is 177 Å². The van der Waals surface area contributed by atoms with Crippen LogP contribution in [0.15, 0.2) is 75.7 Å². The van der Waals surface area contributed by atoms with E-state index in [2.05, 4.69) is 43.2 Å². The zero-order valence-corrected chi connectivity index (χ0v) is 18.1. The molecule has 0 aliphatic carbocycles. The van der Waals surface area contributed by atoms with Gasteiger partial charge in [-0.3, -0.25) is 4.79 Å². The SMILES string of the molecule is O=C(Cc1ccccc1)Nc1c(Br)cc(Br)cc1-c1nc2ccccc2s1. The Morgan fingerprint density at radius 2 is 1.74 bits per heavy atom. The van der Waals surface area contributed by atoms with Gasteiger partial charge in [0.05, 0.1) is 22.3 Å². The van der Waals surface area contributed by atoms with E-state index in [1.807, 2.05) is 60.7 Å². The number of hydrogen-bond acceptors (Lipinski definition) is 3. The van der Waals surface area contributed by atoms with Gasteiger partial charge in [-0.2, -0.15) is 0 Å². The minimum Gasteiger partial charge on any atom is -0.324 e. The van der Waals surface area contributed by atoms with E-state index in [1.165, 1.54) is 0 Å². The van der Waals surface area contributed by atoms with Gasteiger partial charge in [-0.1, -0.05) is 58.4 Å². The number of halogens is 2. The van der Waals surface area contributed by atoms with Gasteiger partial charge in [0.15, 0.2) is 0 Å². The summed E-state index contributed by atoms with van der Waals surface area (Å²) in [4.78, 5) is 17.4. The number of nitrogens with one attached hydrogen (secondary N) is 1. The summed E-state index contributed by atoms with van der Waals surface area (Å²) in [6, 6.07) is 21.7. The Hall–Kier alpha value is -2.02. The van der Waals surface area contributed by atoms with Crippen LogP contribution in [0.2, 0.25) is 0 Å². The summed E-state index contributed by atoms with van der Waals surface area (Å²) in [6.07, 6.45) is 0.322. The third-order valence-corrected chi connectivity index (χ3v) is 6.20. The maximum Gasteiger partial charge on any atom is 0.228 e. The van der Waals surface area contributed by atoms with E-state index >= 15 is 0 Å². The Morgan fingerprint density at radius 1 is 1.00 bits per heavy atom. The maximum atomic E-state index is 12.6. The van der Waals surface area contributed by atoms with Crippen LogP contribution in [0.1, 0.15) is 5.56 Å². The zero-order valence-electron chi connectivity index (χ0n) is 14.1. The van der Waals surface area contributed by atoms with Crippen molar-refractivity contribution in [3.8, 4) is 10.6 Å².